The van der Waals surface area contributed by atoms with Crippen LogP contribution in [0.3, 0.4) is 0 Å². The number of methoxy groups -OCH3 is 1. The van der Waals surface area contributed by atoms with E-state index in [0.717, 1.165) is 43.5 Å². The molecule has 4 rings (SSSR count). The molecule has 2 aromatic carbocycles. The van der Waals surface area contributed by atoms with Gasteiger partial charge in [0.05, 0.1) is 12.8 Å². The van der Waals surface area contributed by atoms with Crippen LogP contribution in [0.15, 0.2) is 36.4 Å². The van der Waals surface area contributed by atoms with Crippen molar-refractivity contribution in [2.24, 2.45) is 0 Å². The Kier molecular flexibility index (Phi) is 6.91. The number of amides is 2. The molecule has 33 heavy (non-hydrogen) atoms. The van der Waals surface area contributed by atoms with Crippen molar-refractivity contribution in [1.82, 2.24) is 4.90 Å². The molecule has 176 valence electrons. The number of fused-ring (bicyclic) bond motifs is 1. The molecule has 2 heterocycles. The zero-order valence-corrected chi connectivity index (χ0v) is 20.1. The van der Waals surface area contributed by atoms with Crippen molar-refractivity contribution >= 4 is 17.5 Å². The maximum Gasteiger partial charge on any atom is 0.260 e. The molecule has 0 radical (unpaired) electrons. The van der Waals surface area contributed by atoms with Gasteiger partial charge >= 0.3 is 0 Å². The van der Waals surface area contributed by atoms with Gasteiger partial charge < -0.3 is 19.3 Å². The molecular weight excluding hydrogens is 416 g/mol. The van der Waals surface area contributed by atoms with Crippen molar-refractivity contribution in [2.45, 2.75) is 65.0 Å². The van der Waals surface area contributed by atoms with Crippen molar-refractivity contribution in [3.8, 4) is 11.5 Å². The number of hydrogen-bond acceptors (Lipinski definition) is 4. The first-order chi connectivity index (χ1) is 15.9. The van der Waals surface area contributed by atoms with E-state index in [1.807, 2.05) is 21.9 Å². The van der Waals surface area contributed by atoms with Gasteiger partial charge in [-0.2, -0.15) is 0 Å². The van der Waals surface area contributed by atoms with Crippen LogP contribution < -0.4 is 14.4 Å². The Morgan fingerprint density at radius 2 is 1.70 bits per heavy atom. The van der Waals surface area contributed by atoms with E-state index in [0.29, 0.717) is 17.9 Å². The Morgan fingerprint density at radius 3 is 2.36 bits per heavy atom. The second-order valence-electron chi connectivity index (χ2n) is 9.22. The van der Waals surface area contributed by atoms with Crippen molar-refractivity contribution < 1.29 is 19.1 Å². The van der Waals surface area contributed by atoms with E-state index in [4.69, 9.17) is 9.47 Å². The number of likely N-dealkylation sites (tertiary alicyclic amines) is 1. The average Bonchev–Trinajstić information content (AvgIpc) is 2.82. The van der Waals surface area contributed by atoms with Gasteiger partial charge in [0.25, 0.3) is 11.8 Å². The van der Waals surface area contributed by atoms with E-state index in [2.05, 4.69) is 20.8 Å². The third kappa shape index (κ3) is 4.70. The number of carbonyl (C=O) groups excluding carboxylic acids is 2. The summed E-state index contributed by atoms with van der Waals surface area (Å²) in [5.41, 5.74) is 3.82. The number of aryl methyl sites for hydroxylation is 1. The molecule has 2 aliphatic rings. The van der Waals surface area contributed by atoms with Gasteiger partial charge in [-0.25, -0.2) is 0 Å². The maximum absolute atomic E-state index is 13.4. The van der Waals surface area contributed by atoms with Gasteiger partial charge in [0.2, 0.25) is 0 Å². The zero-order valence-electron chi connectivity index (χ0n) is 20.1. The number of anilines is 1. The number of benzene rings is 2. The molecule has 6 heteroatoms. The van der Waals surface area contributed by atoms with Gasteiger partial charge in [-0.15, -0.1) is 0 Å². The van der Waals surface area contributed by atoms with Crippen LogP contribution in [0, 0.1) is 6.92 Å². The normalized spacial score (nSPS) is 20.2. The molecule has 0 aromatic heterocycles. The van der Waals surface area contributed by atoms with Gasteiger partial charge in [-0.3, -0.25) is 9.59 Å². The Bertz CT molecular complexity index is 1010. The highest BCUT2D eigenvalue weighted by Gasteiger charge is 2.30. The zero-order chi connectivity index (χ0) is 23.5. The third-order valence-electron chi connectivity index (χ3n) is 6.97. The van der Waals surface area contributed by atoms with Crippen LogP contribution in [0.5, 0.6) is 11.5 Å². The molecule has 0 bridgehead atoms. The molecule has 2 unspecified atom stereocenters. The van der Waals surface area contributed by atoms with Gasteiger partial charge in [-0.1, -0.05) is 6.07 Å². The van der Waals surface area contributed by atoms with E-state index in [1.54, 1.807) is 31.4 Å². The SMILES string of the molecule is COc1ccc(C)c2c1N(C(=O)c1ccc(OCC(=O)N3C(C)CCCC3C)cc1)CCC2. The molecule has 0 spiro atoms. The minimum Gasteiger partial charge on any atom is -0.495 e. The number of nitrogens with zero attached hydrogens (tertiary/aromatic N) is 2. The predicted octanol–water partition coefficient (Wildman–Crippen LogP) is 4.76. The predicted molar refractivity (Wildman–Crippen MR) is 129 cm³/mol. The third-order valence-corrected chi connectivity index (χ3v) is 6.97. The monoisotopic (exact) mass is 450 g/mol. The van der Waals surface area contributed by atoms with E-state index in [1.165, 1.54) is 11.1 Å². The quantitative estimate of drug-likeness (QED) is 0.659. The number of rotatable bonds is 5. The number of hydrogen-bond donors (Lipinski definition) is 0. The van der Waals surface area contributed by atoms with Crippen LogP contribution in [-0.2, 0) is 11.2 Å². The molecule has 2 aromatic rings. The second-order valence-corrected chi connectivity index (χ2v) is 9.22. The molecule has 6 nitrogen and oxygen atoms in total. The lowest BCUT2D eigenvalue weighted by atomic mass is 9.95. The van der Waals surface area contributed by atoms with E-state index in [9.17, 15) is 9.59 Å². The standard InChI is InChI=1S/C27H34N2O4/c1-18-10-15-24(32-4)26-23(18)9-6-16-28(26)27(31)21-11-13-22(14-12-21)33-17-25(30)29-19(2)7-5-8-20(29)3/h10-15,19-20H,5-9,16-17H2,1-4H3. The summed E-state index contributed by atoms with van der Waals surface area (Å²) in [7, 11) is 1.64. The molecule has 1 saturated heterocycles. The van der Waals surface area contributed by atoms with Crippen LogP contribution >= 0.6 is 0 Å². The summed E-state index contributed by atoms with van der Waals surface area (Å²) < 4.78 is 11.3. The largest absolute Gasteiger partial charge is 0.495 e. The molecule has 0 aliphatic carbocycles. The average molecular weight is 451 g/mol. The lowest BCUT2D eigenvalue weighted by Crippen LogP contribution is -2.49. The van der Waals surface area contributed by atoms with Crippen LogP contribution in [0.2, 0.25) is 0 Å². The molecule has 2 aliphatic heterocycles. The Labute approximate surface area is 196 Å². The molecule has 2 atom stereocenters. The van der Waals surface area contributed by atoms with Crippen molar-refractivity contribution in [3.05, 3.63) is 53.1 Å². The molecule has 0 saturated carbocycles. The highest BCUT2D eigenvalue weighted by atomic mass is 16.5. The number of piperidine rings is 1. The Balaban J connectivity index is 1.45. The Hall–Kier alpha value is -3.02. The lowest BCUT2D eigenvalue weighted by Gasteiger charge is -2.38. The van der Waals surface area contributed by atoms with Crippen molar-refractivity contribution in [1.29, 1.82) is 0 Å². The van der Waals surface area contributed by atoms with E-state index in [-0.39, 0.29) is 30.5 Å². The summed E-state index contributed by atoms with van der Waals surface area (Å²) in [6.07, 6.45) is 5.10. The molecule has 0 N–H and O–H groups in total. The maximum atomic E-state index is 13.4. The summed E-state index contributed by atoms with van der Waals surface area (Å²) in [5, 5.41) is 0. The highest BCUT2D eigenvalue weighted by Crippen LogP contribution is 2.39. The van der Waals surface area contributed by atoms with E-state index >= 15 is 0 Å². The van der Waals surface area contributed by atoms with E-state index < -0.39 is 0 Å². The fourth-order valence-corrected chi connectivity index (χ4v) is 5.20. The fourth-order valence-electron chi connectivity index (χ4n) is 5.20. The van der Waals surface area contributed by atoms with Crippen molar-refractivity contribution in [3.63, 3.8) is 0 Å². The minimum absolute atomic E-state index is 0.0119. The summed E-state index contributed by atoms with van der Waals surface area (Å²) in [6.45, 7) is 6.94. The second kappa shape index (κ2) is 9.86. The lowest BCUT2D eigenvalue weighted by molar-refractivity contribution is -0.139. The van der Waals surface area contributed by atoms with Crippen LogP contribution in [0.25, 0.3) is 0 Å². The first kappa shape index (κ1) is 23.1. The van der Waals surface area contributed by atoms with Crippen LogP contribution in [-0.4, -0.2) is 49.1 Å². The first-order valence-corrected chi connectivity index (χ1v) is 11.9. The summed E-state index contributed by atoms with van der Waals surface area (Å²) >= 11 is 0. The first-order valence-electron chi connectivity index (χ1n) is 11.9. The van der Waals surface area contributed by atoms with Gasteiger partial charge in [0, 0.05) is 24.2 Å². The number of carbonyl (C=O) groups is 2. The van der Waals surface area contributed by atoms with Crippen LogP contribution in [0.4, 0.5) is 5.69 Å². The summed E-state index contributed by atoms with van der Waals surface area (Å²) in [4.78, 5) is 29.8. The molecule has 1 fully saturated rings. The van der Waals surface area contributed by atoms with Gasteiger partial charge in [0.1, 0.15) is 11.5 Å². The van der Waals surface area contributed by atoms with Crippen LogP contribution in [0.1, 0.15) is 61.0 Å². The van der Waals surface area contributed by atoms with Crippen molar-refractivity contribution in [2.75, 3.05) is 25.2 Å². The minimum atomic E-state index is -0.0570. The number of ether oxygens (including phenoxy) is 2. The Morgan fingerprint density at radius 1 is 1.00 bits per heavy atom. The molecule has 2 amide bonds. The topological polar surface area (TPSA) is 59.1 Å². The smallest absolute Gasteiger partial charge is 0.260 e. The summed E-state index contributed by atoms with van der Waals surface area (Å²) in [5.74, 6) is 1.27. The molecular formula is C27H34N2O4. The highest BCUT2D eigenvalue weighted by molar-refractivity contribution is 6.07. The summed E-state index contributed by atoms with van der Waals surface area (Å²) in [6, 6.07) is 11.5. The fraction of sp³-hybridized carbons (Fsp3) is 0.481. The van der Waals surface area contributed by atoms with Gasteiger partial charge in [0.15, 0.2) is 6.61 Å². The van der Waals surface area contributed by atoms with Gasteiger partial charge in [-0.05, 0) is 94.3 Å².